The van der Waals surface area contributed by atoms with E-state index in [2.05, 4.69) is 24.5 Å². The molecule has 1 saturated carbocycles. The molecule has 0 radical (unpaired) electrons. The molecule has 1 amide bonds. The minimum atomic E-state index is 0.0961. The Bertz CT molecular complexity index is 274. The second kappa shape index (κ2) is 9.35. The summed E-state index contributed by atoms with van der Waals surface area (Å²) in [5.74, 6) is 0.830. The van der Waals surface area contributed by atoms with Crippen LogP contribution in [0.25, 0.3) is 0 Å². The van der Waals surface area contributed by atoms with Crippen LogP contribution in [-0.4, -0.2) is 39.3 Å². The van der Waals surface area contributed by atoms with Gasteiger partial charge in [-0.1, -0.05) is 26.7 Å². The van der Waals surface area contributed by atoms with E-state index in [-0.39, 0.29) is 5.91 Å². The van der Waals surface area contributed by atoms with Crippen LogP contribution >= 0.6 is 0 Å². The zero-order valence-electron chi connectivity index (χ0n) is 13.5. The number of rotatable bonds is 10. The Morgan fingerprint density at radius 1 is 1.30 bits per heavy atom. The van der Waals surface area contributed by atoms with Crippen molar-refractivity contribution in [1.82, 2.24) is 10.6 Å². The van der Waals surface area contributed by atoms with Gasteiger partial charge in [-0.25, -0.2) is 0 Å². The van der Waals surface area contributed by atoms with Crippen LogP contribution in [0.4, 0.5) is 0 Å². The number of carbonyl (C=O) groups excluding carboxylic acids is 1. The molecule has 4 nitrogen and oxygen atoms in total. The van der Waals surface area contributed by atoms with Gasteiger partial charge in [0.25, 0.3) is 0 Å². The molecule has 1 aliphatic carbocycles. The molecule has 20 heavy (non-hydrogen) atoms. The second-order valence-corrected chi connectivity index (χ2v) is 6.60. The lowest BCUT2D eigenvalue weighted by molar-refractivity contribution is -0.120. The highest BCUT2D eigenvalue weighted by Gasteiger charge is 2.33. The van der Waals surface area contributed by atoms with Crippen molar-refractivity contribution in [2.24, 2.45) is 11.3 Å². The Morgan fingerprint density at radius 3 is 2.60 bits per heavy atom. The predicted molar refractivity (Wildman–Crippen MR) is 82.7 cm³/mol. The summed E-state index contributed by atoms with van der Waals surface area (Å²) >= 11 is 0. The number of ether oxygens (including phenoxy) is 1. The van der Waals surface area contributed by atoms with Gasteiger partial charge in [0.15, 0.2) is 0 Å². The molecule has 4 heteroatoms. The van der Waals surface area contributed by atoms with E-state index in [4.69, 9.17) is 4.74 Å². The minimum absolute atomic E-state index is 0.0961. The number of methoxy groups -OCH3 is 1. The van der Waals surface area contributed by atoms with Crippen LogP contribution in [0.3, 0.4) is 0 Å². The minimum Gasteiger partial charge on any atom is -0.385 e. The van der Waals surface area contributed by atoms with Gasteiger partial charge in [-0.2, -0.15) is 0 Å². The smallest absolute Gasteiger partial charge is 0.233 e. The fourth-order valence-corrected chi connectivity index (χ4v) is 3.39. The summed E-state index contributed by atoms with van der Waals surface area (Å²) in [6, 6.07) is 0. The molecule has 0 aromatic carbocycles. The largest absolute Gasteiger partial charge is 0.385 e. The van der Waals surface area contributed by atoms with Crippen LogP contribution in [-0.2, 0) is 9.53 Å². The summed E-state index contributed by atoms with van der Waals surface area (Å²) in [5.41, 5.74) is 0.435. The van der Waals surface area contributed by atoms with Gasteiger partial charge < -0.3 is 15.4 Å². The van der Waals surface area contributed by atoms with Crippen LogP contribution in [0.1, 0.15) is 52.4 Å². The van der Waals surface area contributed by atoms with E-state index < -0.39 is 0 Å². The van der Waals surface area contributed by atoms with Crippen LogP contribution in [0.15, 0.2) is 0 Å². The van der Waals surface area contributed by atoms with Crippen molar-refractivity contribution in [3.63, 3.8) is 0 Å². The molecule has 0 aromatic heterocycles. The number of carbonyl (C=O) groups is 1. The third kappa shape index (κ3) is 6.71. The molecule has 1 aliphatic rings. The summed E-state index contributed by atoms with van der Waals surface area (Å²) < 4.78 is 4.96. The van der Waals surface area contributed by atoms with E-state index in [0.717, 1.165) is 18.9 Å². The second-order valence-electron chi connectivity index (χ2n) is 6.60. The number of hydrogen-bond acceptors (Lipinski definition) is 3. The molecule has 0 heterocycles. The highest BCUT2D eigenvalue weighted by atomic mass is 16.5. The maximum atomic E-state index is 11.7. The molecule has 0 saturated heterocycles. The summed E-state index contributed by atoms with van der Waals surface area (Å²) in [7, 11) is 1.68. The average Bonchev–Trinajstić information content (AvgIpc) is 2.82. The van der Waals surface area contributed by atoms with Crippen molar-refractivity contribution in [1.29, 1.82) is 0 Å². The lowest BCUT2D eigenvalue weighted by Gasteiger charge is -2.31. The van der Waals surface area contributed by atoms with Crippen LogP contribution in [0.2, 0.25) is 0 Å². The third-order valence-corrected chi connectivity index (χ3v) is 4.14. The van der Waals surface area contributed by atoms with Crippen molar-refractivity contribution in [2.45, 2.75) is 52.4 Å². The van der Waals surface area contributed by atoms with Crippen molar-refractivity contribution in [3.8, 4) is 0 Å². The molecular weight excluding hydrogens is 252 g/mol. The average molecular weight is 284 g/mol. The van der Waals surface area contributed by atoms with Crippen molar-refractivity contribution < 1.29 is 9.53 Å². The van der Waals surface area contributed by atoms with Gasteiger partial charge in [-0.15, -0.1) is 0 Å². The van der Waals surface area contributed by atoms with Gasteiger partial charge >= 0.3 is 0 Å². The normalized spacial score (nSPS) is 17.6. The Kier molecular flexibility index (Phi) is 8.15. The zero-order valence-corrected chi connectivity index (χ0v) is 13.5. The Hall–Kier alpha value is -0.610. The molecule has 1 fully saturated rings. The fraction of sp³-hybridized carbons (Fsp3) is 0.938. The van der Waals surface area contributed by atoms with Crippen LogP contribution < -0.4 is 10.6 Å². The maximum Gasteiger partial charge on any atom is 0.233 e. The summed E-state index contributed by atoms with van der Waals surface area (Å²) in [6.45, 7) is 7.41. The monoisotopic (exact) mass is 284 g/mol. The first-order valence-electron chi connectivity index (χ1n) is 8.04. The van der Waals surface area contributed by atoms with Crippen LogP contribution in [0, 0.1) is 11.3 Å². The molecule has 0 bridgehead atoms. The highest BCUT2D eigenvalue weighted by molar-refractivity contribution is 5.77. The summed E-state index contributed by atoms with van der Waals surface area (Å²) in [5, 5.41) is 6.29. The van der Waals surface area contributed by atoms with E-state index in [1.54, 1.807) is 7.11 Å². The van der Waals surface area contributed by atoms with E-state index in [0.29, 0.717) is 25.1 Å². The molecular formula is C16H32N2O2. The van der Waals surface area contributed by atoms with Gasteiger partial charge in [0, 0.05) is 26.8 Å². The fourth-order valence-electron chi connectivity index (χ4n) is 3.39. The zero-order chi connectivity index (χ0) is 14.8. The van der Waals surface area contributed by atoms with E-state index in [9.17, 15) is 4.79 Å². The van der Waals surface area contributed by atoms with Gasteiger partial charge in [0.1, 0.15) is 0 Å². The van der Waals surface area contributed by atoms with E-state index in [1.165, 1.54) is 32.1 Å². The molecule has 0 unspecified atom stereocenters. The topological polar surface area (TPSA) is 50.4 Å². The van der Waals surface area contributed by atoms with Crippen molar-refractivity contribution >= 4 is 5.91 Å². The molecule has 118 valence electrons. The van der Waals surface area contributed by atoms with E-state index in [1.807, 2.05) is 0 Å². The lowest BCUT2D eigenvalue weighted by Crippen LogP contribution is -2.40. The summed E-state index contributed by atoms with van der Waals surface area (Å²) in [4.78, 5) is 11.7. The van der Waals surface area contributed by atoms with Gasteiger partial charge in [0.05, 0.1) is 6.54 Å². The first kappa shape index (κ1) is 17.4. The quantitative estimate of drug-likeness (QED) is 0.605. The molecule has 0 spiro atoms. The maximum absolute atomic E-state index is 11.7. The number of nitrogens with one attached hydrogen (secondary N) is 2. The lowest BCUT2D eigenvalue weighted by atomic mass is 9.78. The molecule has 2 N–H and O–H groups in total. The molecule has 0 aliphatic heterocycles. The number of hydrogen-bond donors (Lipinski definition) is 2. The SMILES string of the molecule is COCCCNC(=O)CNCC1(CC(C)C)CCCC1. The van der Waals surface area contributed by atoms with E-state index >= 15 is 0 Å². The van der Waals surface area contributed by atoms with Gasteiger partial charge in [-0.05, 0) is 37.0 Å². The molecule has 1 rings (SSSR count). The first-order valence-corrected chi connectivity index (χ1v) is 8.04. The van der Waals surface area contributed by atoms with Gasteiger partial charge in [0.2, 0.25) is 5.91 Å². The first-order chi connectivity index (χ1) is 9.58. The highest BCUT2D eigenvalue weighted by Crippen LogP contribution is 2.42. The summed E-state index contributed by atoms with van der Waals surface area (Å²) in [6.07, 6.45) is 7.46. The van der Waals surface area contributed by atoms with Crippen molar-refractivity contribution in [2.75, 3.05) is 33.4 Å². The third-order valence-electron chi connectivity index (χ3n) is 4.14. The van der Waals surface area contributed by atoms with Crippen LogP contribution in [0.5, 0.6) is 0 Å². The Balaban J connectivity index is 2.18. The standard InChI is InChI=1S/C16H32N2O2/c1-14(2)11-16(7-4-5-8-16)13-17-12-15(19)18-9-6-10-20-3/h14,17H,4-13H2,1-3H3,(H,18,19). The molecule has 0 aromatic rings. The number of amides is 1. The van der Waals surface area contributed by atoms with Gasteiger partial charge in [-0.3, -0.25) is 4.79 Å². The predicted octanol–water partition coefficient (Wildman–Crippen LogP) is 2.34. The Morgan fingerprint density at radius 2 is 2.00 bits per heavy atom. The molecule has 0 atom stereocenters. The van der Waals surface area contributed by atoms with Crippen molar-refractivity contribution in [3.05, 3.63) is 0 Å². The Labute approximate surface area is 124 Å².